The van der Waals surface area contributed by atoms with Crippen molar-refractivity contribution in [1.29, 1.82) is 0 Å². The number of rotatable bonds is 4. The Bertz CT molecular complexity index is 1550. The van der Waals surface area contributed by atoms with Crippen molar-refractivity contribution in [2.24, 2.45) is 0 Å². The Balaban J connectivity index is 1.20. The molecule has 3 aromatic heterocycles. The van der Waals surface area contributed by atoms with Gasteiger partial charge >= 0.3 is 0 Å². The van der Waals surface area contributed by atoms with Gasteiger partial charge in [-0.3, -0.25) is 4.79 Å². The number of nitrogens with zero attached hydrogens (tertiary/aromatic N) is 5. The summed E-state index contributed by atoms with van der Waals surface area (Å²) in [7, 11) is 0. The fraction of sp³-hybridized carbons (Fsp3) is 0.484. The number of pyridine rings is 1. The average molecular weight is 562 g/mol. The molecule has 39 heavy (non-hydrogen) atoms. The SMILES string of the molecule is CC(C)(C)c1cc(-c2nc(C3CCN(C(=O)Cn4cnc5cccnc54)CC3)sc2Cl)c2c(c1)C(C)(C)CC2. The van der Waals surface area contributed by atoms with E-state index in [1.807, 2.05) is 21.6 Å². The minimum Gasteiger partial charge on any atom is -0.341 e. The zero-order valence-corrected chi connectivity index (χ0v) is 25.0. The summed E-state index contributed by atoms with van der Waals surface area (Å²) in [5.74, 6) is 0.421. The van der Waals surface area contributed by atoms with Crippen molar-refractivity contribution in [1.82, 2.24) is 24.4 Å². The first kappa shape index (κ1) is 26.5. The van der Waals surface area contributed by atoms with Gasteiger partial charge in [-0.05, 0) is 71.4 Å². The molecule has 0 unspecified atom stereocenters. The van der Waals surface area contributed by atoms with Crippen molar-refractivity contribution in [2.45, 2.75) is 83.6 Å². The van der Waals surface area contributed by atoms with Crippen molar-refractivity contribution in [3.63, 3.8) is 0 Å². The molecular formula is C31H36ClN5OS. The van der Waals surface area contributed by atoms with Crippen LogP contribution in [-0.4, -0.2) is 43.4 Å². The number of carbonyl (C=O) groups is 1. The summed E-state index contributed by atoms with van der Waals surface area (Å²) in [5, 5.41) is 1.10. The van der Waals surface area contributed by atoms with E-state index in [0.29, 0.717) is 5.92 Å². The molecule has 1 aromatic carbocycles. The van der Waals surface area contributed by atoms with Gasteiger partial charge in [0.05, 0.1) is 11.3 Å². The highest BCUT2D eigenvalue weighted by molar-refractivity contribution is 7.16. The molecule has 0 bridgehead atoms. The third-order valence-corrected chi connectivity index (χ3v) is 10.00. The van der Waals surface area contributed by atoms with Crippen LogP contribution in [0.2, 0.25) is 4.34 Å². The Hall–Kier alpha value is -2.77. The van der Waals surface area contributed by atoms with Crippen molar-refractivity contribution >= 4 is 40.0 Å². The van der Waals surface area contributed by atoms with Crippen LogP contribution in [0.25, 0.3) is 22.4 Å². The Kier molecular flexibility index (Phi) is 6.58. The summed E-state index contributed by atoms with van der Waals surface area (Å²) in [5.41, 5.74) is 8.11. The van der Waals surface area contributed by atoms with E-state index in [9.17, 15) is 4.79 Å². The van der Waals surface area contributed by atoms with E-state index in [1.165, 1.54) is 22.3 Å². The first-order valence-corrected chi connectivity index (χ1v) is 15.1. The monoisotopic (exact) mass is 561 g/mol. The fourth-order valence-corrected chi connectivity index (χ4v) is 7.41. The predicted molar refractivity (Wildman–Crippen MR) is 159 cm³/mol. The molecule has 4 heterocycles. The number of likely N-dealkylation sites (tertiary alicyclic amines) is 1. The molecule has 6 nitrogen and oxygen atoms in total. The quantitative estimate of drug-likeness (QED) is 0.266. The number of aromatic nitrogens is 4. The van der Waals surface area contributed by atoms with Gasteiger partial charge in [0.2, 0.25) is 5.91 Å². The van der Waals surface area contributed by atoms with Gasteiger partial charge in [0.1, 0.15) is 22.1 Å². The standard InChI is InChI=1S/C31H36ClN5OS/c1-30(2,3)20-15-22(21-8-11-31(4,5)23(21)16-20)26-27(32)39-29(35-26)19-9-13-36(14-10-19)25(38)17-37-18-34-24-7-6-12-33-28(24)37/h6-7,12,15-16,18-19H,8-11,13-14,17H2,1-5H3. The van der Waals surface area contributed by atoms with Crippen LogP contribution in [0.1, 0.15) is 81.5 Å². The van der Waals surface area contributed by atoms with Gasteiger partial charge < -0.3 is 9.47 Å². The lowest BCUT2D eigenvalue weighted by Gasteiger charge is -2.31. The molecule has 1 aliphatic heterocycles. The van der Waals surface area contributed by atoms with Crippen molar-refractivity contribution in [2.75, 3.05) is 13.1 Å². The summed E-state index contributed by atoms with van der Waals surface area (Å²) in [4.78, 5) is 29.0. The number of fused-ring (bicyclic) bond motifs is 2. The molecule has 6 rings (SSSR count). The van der Waals surface area contributed by atoms with Gasteiger partial charge in [-0.2, -0.15) is 0 Å². The summed E-state index contributed by atoms with van der Waals surface area (Å²) in [6, 6.07) is 8.53. The number of hydrogen-bond donors (Lipinski definition) is 0. The molecule has 0 atom stereocenters. The van der Waals surface area contributed by atoms with Crippen molar-refractivity contribution in [3.8, 4) is 11.3 Å². The number of halogens is 1. The van der Waals surface area contributed by atoms with Crippen LogP contribution in [0, 0.1) is 0 Å². The maximum Gasteiger partial charge on any atom is 0.242 e. The molecule has 0 saturated carbocycles. The van der Waals surface area contributed by atoms with E-state index in [0.717, 1.165) is 65.0 Å². The number of carbonyl (C=O) groups excluding carboxylic acids is 1. The lowest BCUT2D eigenvalue weighted by atomic mass is 9.79. The summed E-state index contributed by atoms with van der Waals surface area (Å²) in [6.45, 7) is 13.2. The third kappa shape index (κ3) is 4.89. The summed E-state index contributed by atoms with van der Waals surface area (Å²) >= 11 is 8.54. The largest absolute Gasteiger partial charge is 0.341 e. The van der Waals surface area contributed by atoms with Crippen LogP contribution in [0.3, 0.4) is 0 Å². The van der Waals surface area contributed by atoms with Crippen LogP contribution in [0.5, 0.6) is 0 Å². The number of imidazole rings is 1. The van der Waals surface area contributed by atoms with Crippen molar-refractivity contribution in [3.05, 3.63) is 62.8 Å². The van der Waals surface area contributed by atoms with Crippen LogP contribution >= 0.6 is 22.9 Å². The van der Waals surface area contributed by atoms with Crippen LogP contribution < -0.4 is 0 Å². The zero-order chi connectivity index (χ0) is 27.5. The molecule has 2 aliphatic rings. The maximum atomic E-state index is 13.1. The first-order valence-electron chi connectivity index (χ1n) is 13.9. The predicted octanol–water partition coefficient (Wildman–Crippen LogP) is 7.14. The molecule has 0 N–H and O–H groups in total. The second-order valence-electron chi connectivity index (χ2n) is 12.7. The minimum atomic E-state index is 0.0478. The molecule has 1 amide bonds. The molecule has 0 spiro atoms. The molecule has 1 saturated heterocycles. The molecule has 8 heteroatoms. The van der Waals surface area contributed by atoms with Crippen LogP contribution in [-0.2, 0) is 28.6 Å². The normalized spacial score (nSPS) is 17.6. The van der Waals surface area contributed by atoms with Gasteiger partial charge in [-0.25, -0.2) is 15.0 Å². The lowest BCUT2D eigenvalue weighted by Crippen LogP contribution is -2.39. The van der Waals surface area contributed by atoms with Gasteiger partial charge in [0.25, 0.3) is 0 Å². The third-order valence-electron chi connectivity index (χ3n) is 8.58. The molecule has 204 valence electrons. The van der Waals surface area contributed by atoms with E-state index >= 15 is 0 Å². The maximum absolute atomic E-state index is 13.1. The van der Waals surface area contributed by atoms with E-state index in [4.69, 9.17) is 16.6 Å². The topological polar surface area (TPSA) is 63.9 Å². The van der Waals surface area contributed by atoms with E-state index in [-0.39, 0.29) is 23.3 Å². The highest BCUT2D eigenvalue weighted by Crippen LogP contribution is 2.47. The fourth-order valence-electron chi connectivity index (χ4n) is 6.05. The second kappa shape index (κ2) is 9.70. The van der Waals surface area contributed by atoms with Crippen LogP contribution in [0.4, 0.5) is 0 Å². The second-order valence-corrected chi connectivity index (χ2v) is 14.4. The molecule has 4 aromatic rings. The van der Waals surface area contributed by atoms with Gasteiger partial charge in [0.15, 0.2) is 5.65 Å². The Labute approximate surface area is 239 Å². The Morgan fingerprint density at radius 2 is 1.95 bits per heavy atom. The summed E-state index contributed by atoms with van der Waals surface area (Å²) in [6.07, 6.45) is 7.44. The van der Waals surface area contributed by atoms with Gasteiger partial charge in [-0.15, -0.1) is 11.3 Å². The van der Waals surface area contributed by atoms with E-state index < -0.39 is 0 Å². The lowest BCUT2D eigenvalue weighted by molar-refractivity contribution is -0.132. The summed E-state index contributed by atoms with van der Waals surface area (Å²) < 4.78 is 2.61. The Morgan fingerprint density at radius 3 is 2.69 bits per heavy atom. The Morgan fingerprint density at radius 1 is 1.18 bits per heavy atom. The first-order chi connectivity index (χ1) is 18.5. The average Bonchev–Trinajstić information content (AvgIpc) is 3.58. The number of hydrogen-bond acceptors (Lipinski definition) is 5. The smallest absolute Gasteiger partial charge is 0.242 e. The minimum absolute atomic E-state index is 0.0478. The van der Waals surface area contributed by atoms with Gasteiger partial charge in [-0.1, -0.05) is 52.3 Å². The molecule has 0 radical (unpaired) electrons. The molecule has 1 aliphatic carbocycles. The van der Waals surface area contributed by atoms with Crippen LogP contribution in [0.15, 0.2) is 36.8 Å². The van der Waals surface area contributed by atoms with E-state index in [2.05, 4.69) is 56.7 Å². The van der Waals surface area contributed by atoms with Crippen molar-refractivity contribution < 1.29 is 4.79 Å². The molecule has 1 fully saturated rings. The highest BCUT2D eigenvalue weighted by atomic mass is 35.5. The zero-order valence-electron chi connectivity index (χ0n) is 23.4. The van der Waals surface area contributed by atoms with Gasteiger partial charge in [0, 0.05) is 30.8 Å². The molecular weight excluding hydrogens is 526 g/mol. The number of benzene rings is 1. The number of piperidine rings is 1. The highest BCUT2D eigenvalue weighted by Gasteiger charge is 2.35. The number of thiazole rings is 1. The number of amides is 1. The van der Waals surface area contributed by atoms with E-state index in [1.54, 1.807) is 23.9 Å².